The number of nitrogens with zero attached hydrogens (tertiary/aromatic N) is 5. The molecule has 0 bridgehead atoms. The summed E-state index contributed by atoms with van der Waals surface area (Å²) in [5, 5.41) is 13.0. The van der Waals surface area contributed by atoms with Crippen LogP contribution in [0.2, 0.25) is 0 Å². The first-order valence-corrected chi connectivity index (χ1v) is 7.40. The topological polar surface area (TPSA) is 107 Å². The van der Waals surface area contributed by atoms with Crippen molar-refractivity contribution in [2.45, 2.75) is 51.6 Å². The lowest BCUT2D eigenvalue weighted by molar-refractivity contribution is 0.352. The minimum Gasteiger partial charge on any atom is -0.337 e. The highest BCUT2D eigenvalue weighted by Gasteiger charge is 2.27. The largest absolute Gasteiger partial charge is 0.337 e. The summed E-state index contributed by atoms with van der Waals surface area (Å²) in [6.45, 7) is 5.67. The second-order valence-corrected chi connectivity index (χ2v) is 6.73. The second-order valence-electron chi connectivity index (χ2n) is 6.73. The maximum absolute atomic E-state index is 12.5. The Morgan fingerprint density at radius 3 is 2.61 bits per heavy atom. The number of hydrogen-bond acceptors (Lipinski definition) is 6. The van der Waals surface area contributed by atoms with Gasteiger partial charge in [0.05, 0.1) is 0 Å². The van der Waals surface area contributed by atoms with Crippen LogP contribution in [0.15, 0.2) is 20.3 Å². The maximum Gasteiger partial charge on any atom is 0.331 e. The van der Waals surface area contributed by atoms with Crippen molar-refractivity contribution >= 4 is 0 Å². The Hall–Kier alpha value is -2.69. The van der Waals surface area contributed by atoms with E-state index in [4.69, 9.17) is 9.78 Å². The maximum atomic E-state index is 12.5. The van der Waals surface area contributed by atoms with Crippen molar-refractivity contribution in [2.24, 2.45) is 0 Å². The molecule has 0 radical (unpaired) electrons. The van der Waals surface area contributed by atoms with Crippen molar-refractivity contribution in [3.63, 3.8) is 0 Å². The summed E-state index contributed by atoms with van der Waals surface area (Å²) in [6.07, 6.45) is 3.09. The lowest BCUT2D eigenvalue weighted by Crippen LogP contribution is -2.41. The molecule has 0 atom stereocenters. The molecule has 0 spiro atoms. The van der Waals surface area contributed by atoms with Crippen molar-refractivity contribution in [2.75, 3.05) is 0 Å². The molecule has 1 saturated carbocycles. The standard InChI is InChI=1S/C15H17N5O3/c1-15(2,3)13-17-11(23-18-13)8-20-12(21)9(6-16)7-19(14(20)22)10-4-5-10/h7,10H,4-5,8H2,1-3H3. The zero-order valence-corrected chi connectivity index (χ0v) is 13.2. The van der Waals surface area contributed by atoms with Gasteiger partial charge in [-0.25, -0.2) is 9.36 Å². The van der Waals surface area contributed by atoms with Crippen molar-refractivity contribution in [3.05, 3.63) is 44.3 Å². The number of hydrogen-bond donors (Lipinski definition) is 0. The first kappa shape index (κ1) is 15.2. The SMILES string of the molecule is CC(C)(C)c1noc(Cn2c(=O)c(C#N)cn(C3CC3)c2=O)n1. The first-order valence-electron chi connectivity index (χ1n) is 7.40. The van der Waals surface area contributed by atoms with Crippen LogP contribution >= 0.6 is 0 Å². The van der Waals surface area contributed by atoms with E-state index in [1.54, 1.807) is 0 Å². The Labute approximate surface area is 132 Å². The van der Waals surface area contributed by atoms with E-state index in [0.29, 0.717) is 5.82 Å². The summed E-state index contributed by atoms with van der Waals surface area (Å²) in [7, 11) is 0. The molecule has 1 aliphatic carbocycles. The van der Waals surface area contributed by atoms with E-state index in [9.17, 15) is 9.59 Å². The molecule has 1 fully saturated rings. The summed E-state index contributed by atoms with van der Waals surface area (Å²) in [6, 6.07) is 1.91. The van der Waals surface area contributed by atoms with E-state index in [1.165, 1.54) is 10.8 Å². The van der Waals surface area contributed by atoms with Crippen LogP contribution in [-0.4, -0.2) is 19.3 Å². The third-order valence-corrected chi connectivity index (χ3v) is 3.69. The van der Waals surface area contributed by atoms with E-state index in [2.05, 4.69) is 10.1 Å². The fraction of sp³-hybridized carbons (Fsp3) is 0.533. The van der Waals surface area contributed by atoms with Crippen LogP contribution in [-0.2, 0) is 12.0 Å². The molecule has 8 heteroatoms. The number of aromatic nitrogens is 4. The highest BCUT2D eigenvalue weighted by atomic mass is 16.5. The Morgan fingerprint density at radius 1 is 1.39 bits per heavy atom. The van der Waals surface area contributed by atoms with E-state index >= 15 is 0 Å². The zero-order valence-electron chi connectivity index (χ0n) is 13.2. The molecule has 120 valence electrons. The molecule has 2 aromatic rings. The second kappa shape index (κ2) is 5.19. The minimum atomic E-state index is -0.634. The van der Waals surface area contributed by atoms with Crippen LogP contribution in [0.3, 0.4) is 0 Å². The van der Waals surface area contributed by atoms with Gasteiger partial charge in [0.2, 0.25) is 5.89 Å². The van der Waals surface area contributed by atoms with Gasteiger partial charge in [0, 0.05) is 17.7 Å². The third-order valence-electron chi connectivity index (χ3n) is 3.69. The predicted molar refractivity (Wildman–Crippen MR) is 80.0 cm³/mol. The van der Waals surface area contributed by atoms with E-state index in [-0.39, 0.29) is 29.5 Å². The monoisotopic (exact) mass is 315 g/mol. The van der Waals surface area contributed by atoms with Gasteiger partial charge < -0.3 is 4.52 Å². The summed E-state index contributed by atoms with van der Waals surface area (Å²) in [4.78, 5) is 29.0. The molecule has 0 N–H and O–H groups in total. The Bertz CT molecular complexity index is 903. The predicted octanol–water partition coefficient (Wildman–Crippen LogP) is 0.945. The molecule has 0 aromatic carbocycles. The lowest BCUT2D eigenvalue weighted by Gasteiger charge is -2.11. The van der Waals surface area contributed by atoms with Crippen LogP contribution in [0.5, 0.6) is 0 Å². The molecule has 0 aliphatic heterocycles. The zero-order chi connectivity index (χ0) is 16.8. The third kappa shape index (κ3) is 2.82. The fourth-order valence-electron chi connectivity index (χ4n) is 2.21. The summed E-state index contributed by atoms with van der Waals surface area (Å²) < 4.78 is 7.57. The normalized spacial score (nSPS) is 14.7. The number of nitriles is 1. The lowest BCUT2D eigenvalue weighted by atomic mass is 9.96. The van der Waals surface area contributed by atoms with Gasteiger partial charge in [0.1, 0.15) is 18.2 Å². The van der Waals surface area contributed by atoms with Gasteiger partial charge in [-0.3, -0.25) is 9.36 Å². The van der Waals surface area contributed by atoms with E-state index < -0.39 is 11.2 Å². The van der Waals surface area contributed by atoms with Crippen molar-refractivity contribution in [1.82, 2.24) is 19.3 Å². The molecule has 3 rings (SSSR count). The van der Waals surface area contributed by atoms with Crippen LogP contribution in [0.1, 0.15) is 56.9 Å². The minimum absolute atomic E-state index is 0.0629. The van der Waals surface area contributed by atoms with Crippen molar-refractivity contribution in [3.8, 4) is 6.07 Å². The highest BCUT2D eigenvalue weighted by Crippen LogP contribution is 2.33. The average molecular weight is 315 g/mol. The summed E-state index contributed by atoms with van der Waals surface area (Å²) in [5.41, 5.74) is -1.45. The molecular formula is C15H17N5O3. The molecular weight excluding hydrogens is 298 g/mol. The highest BCUT2D eigenvalue weighted by molar-refractivity contribution is 5.23. The Kier molecular flexibility index (Phi) is 3.43. The molecule has 8 nitrogen and oxygen atoms in total. The quantitative estimate of drug-likeness (QED) is 0.834. The molecule has 1 aliphatic rings. The van der Waals surface area contributed by atoms with Gasteiger partial charge in [-0.2, -0.15) is 10.2 Å². The Morgan fingerprint density at radius 2 is 2.09 bits per heavy atom. The van der Waals surface area contributed by atoms with Crippen LogP contribution in [0.4, 0.5) is 0 Å². The molecule has 0 unspecified atom stereocenters. The fourth-order valence-corrected chi connectivity index (χ4v) is 2.21. The van der Waals surface area contributed by atoms with Crippen molar-refractivity contribution < 1.29 is 4.52 Å². The Balaban J connectivity index is 2.04. The van der Waals surface area contributed by atoms with Gasteiger partial charge in [-0.05, 0) is 12.8 Å². The van der Waals surface area contributed by atoms with Crippen molar-refractivity contribution in [1.29, 1.82) is 5.26 Å². The molecule has 23 heavy (non-hydrogen) atoms. The molecule has 2 aromatic heterocycles. The smallest absolute Gasteiger partial charge is 0.331 e. The van der Waals surface area contributed by atoms with Gasteiger partial charge >= 0.3 is 5.69 Å². The van der Waals surface area contributed by atoms with Gasteiger partial charge in [-0.15, -0.1) is 0 Å². The van der Waals surface area contributed by atoms with Crippen LogP contribution < -0.4 is 11.2 Å². The van der Waals surface area contributed by atoms with E-state index in [0.717, 1.165) is 17.4 Å². The first-order chi connectivity index (χ1) is 10.8. The van der Waals surface area contributed by atoms with Crippen LogP contribution in [0.25, 0.3) is 0 Å². The number of rotatable bonds is 3. The average Bonchev–Trinajstić information content (AvgIpc) is 3.20. The summed E-state index contributed by atoms with van der Waals surface area (Å²) >= 11 is 0. The molecule has 0 amide bonds. The summed E-state index contributed by atoms with van der Waals surface area (Å²) in [5.74, 6) is 0.672. The molecule has 0 saturated heterocycles. The van der Waals surface area contributed by atoms with Crippen LogP contribution in [0, 0.1) is 11.3 Å². The van der Waals surface area contributed by atoms with Gasteiger partial charge in [0.15, 0.2) is 5.82 Å². The van der Waals surface area contributed by atoms with Gasteiger partial charge in [0.25, 0.3) is 5.56 Å². The van der Waals surface area contributed by atoms with E-state index in [1.807, 2.05) is 26.8 Å². The van der Waals surface area contributed by atoms with Gasteiger partial charge in [-0.1, -0.05) is 25.9 Å². The molecule has 2 heterocycles.